The number of carbonyl (C=O) groups excluding carboxylic acids is 1. The number of hydrogen-bond acceptors (Lipinski definition) is 2. The predicted octanol–water partition coefficient (Wildman–Crippen LogP) is 3.59. The first-order valence-electron chi connectivity index (χ1n) is 8.79. The molecule has 0 fully saturated rings. The Hall–Kier alpha value is -3.08. The summed E-state index contributed by atoms with van der Waals surface area (Å²) in [6.45, 7) is 5.15. The fourth-order valence-electron chi connectivity index (χ4n) is 3.01. The molecular weight excluding hydrogens is 324 g/mol. The fourth-order valence-corrected chi connectivity index (χ4v) is 3.01. The van der Waals surface area contributed by atoms with Gasteiger partial charge >= 0.3 is 6.03 Å². The standard InChI is InChI=1S/C21H24N4O/c1-16-15-17(2)25(24-16)14-13-22-21(26)23-20(18-9-5-3-6-10-18)19-11-7-4-8-12-19/h3-12,15,20H,13-14H2,1-2H3,(H2,22,23,26). The molecular formula is C21H24N4O. The lowest BCUT2D eigenvalue weighted by molar-refractivity contribution is 0.238. The second kappa shape index (κ2) is 8.34. The summed E-state index contributed by atoms with van der Waals surface area (Å²) < 4.78 is 1.90. The minimum atomic E-state index is -0.191. The van der Waals surface area contributed by atoms with Gasteiger partial charge in [-0.15, -0.1) is 0 Å². The van der Waals surface area contributed by atoms with Gasteiger partial charge in [0.05, 0.1) is 18.3 Å². The number of urea groups is 1. The summed E-state index contributed by atoms with van der Waals surface area (Å²) in [6, 6.07) is 21.6. The maximum absolute atomic E-state index is 12.4. The van der Waals surface area contributed by atoms with Crippen LogP contribution in [0.1, 0.15) is 28.6 Å². The van der Waals surface area contributed by atoms with Gasteiger partial charge in [-0.05, 0) is 31.0 Å². The number of nitrogens with zero attached hydrogens (tertiary/aromatic N) is 2. The molecule has 1 aromatic heterocycles. The van der Waals surface area contributed by atoms with Crippen LogP contribution in [0.25, 0.3) is 0 Å². The zero-order valence-electron chi connectivity index (χ0n) is 15.1. The molecule has 5 heteroatoms. The third-order valence-electron chi connectivity index (χ3n) is 4.25. The van der Waals surface area contributed by atoms with Crippen LogP contribution >= 0.6 is 0 Å². The molecule has 2 aromatic carbocycles. The van der Waals surface area contributed by atoms with Crippen LogP contribution in [-0.4, -0.2) is 22.4 Å². The third kappa shape index (κ3) is 4.51. The van der Waals surface area contributed by atoms with E-state index in [1.807, 2.05) is 85.3 Å². The van der Waals surface area contributed by atoms with Crippen molar-refractivity contribution in [2.45, 2.75) is 26.4 Å². The maximum atomic E-state index is 12.4. The van der Waals surface area contributed by atoms with Crippen molar-refractivity contribution in [3.8, 4) is 0 Å². The van der Waals surface area contributed by atoms with Crippen LogP contribution in [0.4, 0.5) is 4.79 Å². The van der Waals surface area contributed by atoms with Gasteiger partial charge in [0, 0.05) is 12.2 Å². The van der Waals surface area contributed by atoms with Crippen LogP contribution in [0.3, 0.4) is 0 Å². The molecule has 2 N–H and O–H groups in total. The molecule has 0 aliphatic rings. The smallest absolute Gasteiger partial charge is 0.315 e. The summed E-state index contributed by atoms with van der Waals surface area (Å²) in [4.78, 5) is 12.4. The first kappa shape index (κ1) is 17.7. The molecule has 0 spiro atoms. The van der Waals surface area contributed by atoms with Gasteiger partial charge in [0.25, 0.3) is 0 Å². The number of amides is 2. The van der Waals surface area contributed by atoms with Crippen molar-refractivity contribution in [1.82, 2.24) is 20.4 Å². The molecule has 0 saturated carbocycles. The largest absolute Gasteiger partial charge is 0.336 e. The Kier molecular flexibility index (Phi) is 5.69. The highest BCUT2D eigenvalue weighted by Crippen LogP contribution is 2.21. The average molecular weight is 348 g/mol. The Morgan fingerprint density at radius 1 is 1.00 bits per heavy atom. The molecule has 0 unspecified atom stereocenters. The van der Waals surface area contributed by atoms with Crippen LogP contribution in [0.15, 0.2) is 66.7 Å². The SMILES string of the molecule is Cc1cc(C)n(CCNC(=O)NC(c2ccccc2)c2ccccc2)n1. The highest BCUT2D eigenvalue weighted by molar-refractivity contribution is 5.75. The van der Waals surface area contributed by atoms with Crippen LogP contribution in [0.2, 0.25) is 0 Å². The monoisotopic (exact) mass is 348 g/mol. The van der Waals surface area contributed by atoms with E-state index >= 15 is 0 Å². The van der Waals surface area contributed by atoms with Crippen molar-refractivity contribution >= 4 is 6.03 Å². The maximum Gasteiger partial charge on any atom is 0.315 e. The van der Waals surface area contributed by atoms with E-state index in [-0.39, 0.29) is 12.1 Å². The lowest BCUT2D eigenvalue weighted by atomic mass is 9.99. The molecule has 0 aliphatic carbocycles. The van der Waals surface area contributed by atoms with Gasteiger partial charge in [-0.1, -0.05) is 60.7 Å². The summed E-state index contributed by atoms with van der Waals surface area (Å²) in [6.07, 6.45) is 0. The van der Waals surface area contributed by atoms with E-state index in [0.717, 1.165) is 22.5 Å². The Balaban J connectivity index is 1.63. The number of nitrogens with one attached hydrogen (secondary N) is 2. The zero-order valence-corrected chi connectivity index (χ0v) is 15.1. The van der Waals surface area contributed by atoms with E-state index in [2.05, 4.69) is 15.7 Å². The molecule has 1 heterocycles. The first-order valence-corrected chi connectivity index (χ1v) is 8.79. The van der Waals surface area contributed by atoms with Gasteiger partial charge in [0.1, 0.15) is 0 Å². The number of aromatic nitrogens is 2. The quantitative estimate of drug-likeness (QED) is 0.715. The van der Waals surface area contributed by atoms with Gasteiger partial charge in [-0.3, -0.25) is 4.68 Å². The highest BCUT2D eigenvalue weighted by atomic mass is 16.2. The van der Waals surface area contributed by atoms with Gasteiger partial charge < -0.3 is 10.6 Å². The van der Waals surface area contributed by atoms with Crippen LogP contribution < -0.4 is 10.6 Å². The number of aryl methyl sites for hydroxylation is 2. The molecule has 26 heavy (non-hydrogen) atoms. The van der Waals surface area contributed by atoms with Crippen LogP contribution in [-0.2, 0) is 6.54 Å². The molecule has 0 radical (unpaired) electrons. The Bertz CT molecular complexity index is 803. The topological polar surface area (TPSA) is 59.0 Å². The second-order valence-corrected chi connectivity index (χ2v) is 6.30. The van der Waals surface area contributed by atoms with Crippen molar-refractivity contribution in [1.29, 1.82) is 0 Å². The molecule has 3 aromatic rings. The summed E-state index contributed by atoms with van der Waals surface area (Å²) >= 11 is 0. The van der Waals surface area contributed by atoms with Crippen molar-refractivity contribution in [3.05, 3.63) is 89.2 Å². The van der Waals surface area contributed by atoms with Crippen molar-refractivity contribution in [3.63, 3.8) is 0 Å². The molecule has 0 atom stereocenters. The average Bonchev–Trinajstić information content (AvgIpc) is 2.98. The van der Waals surface area contributed by atoms with Gasteiger partial charge in [0.2, 0.25) is 0 Å². The molecule has 0 bridgehead atoms. The van der Waals surface area contributed by atoms with Crippen molar-refractivity contribution in [2.24, 2.45) is 0 Å². The Labute approximate surface area is 154 Å². The van der Waals surface area contributed by atoms with E-state index in [1.165, 1.54) is 0 Å². The Morgan fingerprint density at radius 3 is 2.08 bits per heavy atom. The van der Waals surface area contributed by atoms with E-state index < -0.39 is 0 Å². The van der Waals surface area contributed by atoms with Gasteiger partial charge in [0.15, 0.2) is 0 Å². The van der Waals surface area contributed by atoms with Crippen LogP contribution in [0.5, 0.6) is 0 Å². The normalized spacial score (nSPS) is 10.7. The summed E-state index contributed by atoms with van der Waals surface area (Å²) in [7, 11) is 0. The number of benzene rings is 2. The number of carbonyl (C=O) groups is 1. The zero-order chi connectivity index (χ0) is 18.4. The lowest BCUT2D eigenvalue weighted by Gasteiger charge is -2.20. The third-order valence-corrected chi connectivity index (χ3v) is 4.25. The van der Waals surface area contributed by atoms with Gasteiger partial charge in [-0.2, -0.15) is 5.10 Å². The lowest BCUT2D eigenvalue weighted by Crippen LogP contribution is -2.39. The second-order valence-electron chi connectivity index (χ2n) is 6.30. The summed E-state index contributed by atoms with van der Waals surface area (Å²) in [5.74, 6) is 0. The minimum absolute atomic E-state index is 0.189. The minimum Gasteiger partial charge on any atom is -0.336 e. The molecule has 0 saturated heterocycles. The van der Waals surface area contributed by atoms with Crippen LogP contribution in [0, 0.1) is 13.8 Å². The highest BCUT2D eigenvalue weighted by Gasteiger charge is 2.16. The molecule has 5 nitrogen and oxygen atoms in total. The number of hydrogen-bond donors (Lipinski definition) is 2. The van der Waals surface area contributed by atoms with Gasteiger partial charge in [-0.25, -0.2) is 4.79 Å². The summed E-state index contributed by atoms with van der Waals surface area (Å²) in [5.41, 5.74) is 4.18. The molecule has 2 amide bonds. The summed E-state index contributed by atoms with van der Waals surface area (Å²) in [5, 5.41) is 10.4. The van der Waals surface area contributed by atoms with Crippen molar-refractivity contribution < 1.29 is 4.79 Å². The van der Waals surface area contributed by atoms with Crippen molar-refractivity contribution in [2.75, 3.05) is 6.54 Å². The van der Waals surface area contributed by atoms with E-state index in [1.54, 1.807) is 0 Å². The Morgan fingerprint density at radius 2 is 1.58 bits per heavy atom. The molecule has 134 valence electrons. The molecule has 0 aliphatic heterocycles. The van der Waals surface area contributed by atoms with E-state index in [0.29, 0.717) is 13.1 Å². The predicted molar refractivity (Wildman–Crippen MR) is 103 cm³/mol. The first-order chi connectivity index (χ1) is 12.6. The molecule has 3 rings (SSSR count). The fraction of sp³-hybridized carbons (Fsp3) is 0.238. The van der Waals surface area contributed by atoms with E-state index in [9.17, 15) is 4.79 Å². The van der Waals surface area contributed by atoms with E-state index in [4.69, 9.17) is 0 Å². The number of rotatable bonds is 6.